The van der Waals surface area contributed by atoms with Gasteiger partial charge in [-0.3, -0.25) is 10.3 Å². The fourth-order valence-electron chi connectivity index (χ4n) is 3.77. The van der Waals surface area contributed by atoms with Crippen LogP contribution in [0.25, 0.3) is 0 Å². The lowest BCUT2D eigenvalue weighted by Crippen LogP contribution is -2.31. The lowest BCUT2D eigenvalue weighted by molar-refractivity contribution is 0.281. The Kier molecular flexibility index (Phi) is 7.24. The van der Waals surface area contributed by atoms with Gasteiger partial charge in [0.05, 0.1) is 5.69 Å². The summed E-state index contributed by atoms with van der Waals surface area (Å²) in [7, 11) is 0. The van der Waals surface area contributed by atoms with Crippen LogP contribution in [0.5, 0.6) is 0 Å². The number of nitrogens with zero attached hydrogens (tertiary/aromatic N) is 6. The van der Waals surface area contributed by atoms with E-state index in [2.05, 4.69) is 56.3 Å². The molecule has 0 unspecified atom stereocenters. The summed E-state index contributed by atoms with van der Waals surface area (Å²) in [6.45, 7) is 8.99. The molecule has 2 aromatic rings. The molecule has 0 amide bonds. The molecule has 1 saturated heterocycles. The van der Waals surface area contributed by atoms with Gasteiger partial charge in [0.2, 0.25) is 0 Å². The van der Waals surface area contributed by atoms with E-state index in [1.54, 1.807) is 6.20 Å². The van der Waals surface area contributed by atoms with Crippen molar-refractivity contribution < 1.29 is 0 Å². The van der Waals surface area contributed by atoms with Gasteiger partial charge in [0.1, 0.15) is 0 Å². The van der Waals surface area contributed by atoms with Crippen LogP contribution in [0.2, 0.25) is 0 Å². The first-order chi connectivity index (χ1) is 14.1. The Balaban J connectivity index is 1.79. The molecule has 1 aliphatic heterocycles. The van der Waals surface area contributed by atoms with Gasteiger partial charge in [-0.25, -0.2) is 0 Å². The van der Waals surface area contributed by atoms with Crippen molar-refractivity contribution in [1.29, 1.82) is 5.41 Å². The second kappa shape index (κ2) is 10.1. The summed E-state index contributed by atoms with van der Waals surface area (Å²) in [4.78, 5) is 4.77. The van der Waals surface area contributed by atoms with Gasteiger partial charge in [0.25, 0.3) is 0 Å². The molecule has 0 bridgehead atoms. The molecule has 3 N–H and O–H groups in total. The first-order valence-corrected chi connectivity index (χ1v) is 10.1. The Labute approximate surface area is 172 Å². The molecule has 1 aromatic heterocycles. The molecule has 8 heteroatoms. The second-order valence-electron chi connectivity index (χ2n) is 7.85. The van der Waals surface area contributed by atoms with Crippen molar-refractivity contribution in [3.63, 3.8) is 0 Å². The smallest absolute Gasteiger partial charge is 0.178 e. The molecule has 29 heavy (non-hydrogen) atoms. The number of anilines is 1. The van der Waals surface area contributed by atoms with Crippen LogP contribution in [0.4, 0.5) is 5.69 Å². The average Bonchev–Trinajstić information content (AvgIpc) is 2.94. The molecule has 0 radical (unpaired) electrons. The molecule has 0 spiro atoms. The zero-order chi connectivity index (χ0) is 20.6. The van der Waals surface area contributed by atoms with Crippen LogP contribution in [0.1, 0.15) is 37.1 Å². The highest BCUT2D eigenvalue weighted by Gasteiger charge is 2.20. The van der Waals surface area contributed by atoms with E-state index in [-0.39, 0.29) is 5.84 Å². The average molecular weight is 395 g/mol. The number of hydrogen-bond donors (Lipinski definition) is 2. The molecule has 2 heterocycles. The zero-order valence-corrected chi connectivity index (χ0v) is 17.3. The molecule has 3 rings (SSSR count). The Hall–Kier alpha value is -2.87. The summed E-state index contributed by atoms with van der Waals surface area (Å²) in [5.41, 5.74) is 4.08. The minimum absolute atomic E-state index is 0.0965. The maximum absolute atomic E-state index is 8.25. The number of rotatable bonds is 6. The summed E-state index contributed by atoms with van der Waals surface area (Å²) >= 11 is 0. The molecule has 0 saturated carbocycles. The summed E-state index contributed by atoms with van der Waals surface area (Å²) in [5.74, 6) is 5.86. The molecule has 8 nitrogen and oxygen atoms in total. The number of aromatic nitrogens is 2. The predicted molar refractivity (Wildman–Crippen MR) is 115 cm³/mol. The van der Waals surface area contributed by atoms with Crippen LogP contribution in [-0.4, -0.2) is 47.1 Å². The van der Waals surface area contributed by atoms with Gasteiger partial charge in [-0.05, 0) is 48.6 Å². The monoisotopic (exact) mass is 394 g/mol. The minimum atomic E-state index is 0.0965. The van der Waals surface area contributed by atoms with E-state index in [0.717, 1.165) is 62.5 Å². The first-order valence-electron chi connectivity index (χ1n) is 10.1. The Bertz CT molecular complexity index is 834. The van der Waals surface area contributed by atoms with Gasteiger partial charge in [0, 0.05) is 50.2 Å². The van der Waals surface area contributed by atoms with Gasteiger partial charge >= 0.3 is 0 Å². The number of nitrogens with one attached hydrogen (secondary N) is 1. The van der Waals surface area contributed by atoms with E-state index in [0.29, 0.717) is 5.92 Å². The third kappa shape index (κ3) is 5.80. The highest BCUT2D eigenvalue weighted by Crippen LogP contribution is 2.26. The maximum Gasteiger partial charge on any atom is 0.178 e. The van der Waals surface area contributed by atoms with Crippen molar-refractivity contribution in [2.24, 2.45) is 22.1 Å². The Morgan fingerprint density at radius 3 is 2.79 bits per heavy atom. The van der Waals surface area contributed by atoms with Gasteiger partial charge in [-0.1, -0.05) is 25.1 Å². The molecule has 1 aliphatic rings. The fraction of sp³-hybridized carbons (Fsp3) is 0.476. The highest BCUT2D eigenvalue weighted by atomic mass is 15.3. The largest absolute Gasteiger partial charge is 0.370 e. The summed E-state index contributed by atoms with van der Waals surface area (Å²) in [6, 6.07) is 10.2. The first kappa shape index (κ1) is 20.9. The van der Waals surface area contributed by atoms with Crippen molar-refractivity contribution in [3.8, 4) is 0 Å². The summed E-state index contributed by atoms with van der Waals surface area (Å²) in [6.07, 6.45) is 3.75. The van der Waals surface area contributed by atoms with Crippen molar-refractivity contribution in [1.82, 2.24) is 15.1 Å². The lowest BCUT2D eigenvalue weighted by Gasteiger charge is -2.26. The molecule has 1 aromatic carbocycles. The van der Waals surface area contributed by atoms with Gasteiger partial charge < -0.3 is 10.7 Å². The molecular weight excluding hydrogens is 364 g/mol. The fourth-order valence-corrected chi connectivity index (χ4v) is 3.77. The molecule has 0 aliphatic carbocycles. The molecule has 1 fully saturated rings. The molecule has 0 atom stereocenters. The van der Waals surface area contributed by atoms with Crippen molar-refractivity contribution in [2.45, 2.75) is 33.2 Å². The third-order valence-electron chi connectivity index (χ3n) is 5.06. The quantitative estimate of drug-likeness (QED) is 0.257. The van der Waals surface area contributed by atoms with E-state index in [1.165, 1.54) is 5.56 Å². The Morgan fingerprint density at radius 2 is 2.07 bits per heavy atom. The Morgan fingerprint density at radius 1 is 1.21 bits per heavy atom. The standard InChI is InChI=1S/C21H30N8/c1-16(2)13-17-6-7-19(21(22)26-27-23)20(14-17)29-10-4-9-28(11-12-29)15-18-5-3-8-24-25-18/h3,5-8,14,16H,4,9-13,15H2,1-2H3,(H3,22,23,26). The van der Waals surface area contributed by atoms with Crippen LogP contribution in [0.15, 0.2) is 46.9 Å². The van der Waals surface area contributed by atoms with E-state index >= 15 is 0 Å². The van der Waals surface area contributed by atoms with E-state index < -0.39 is 0 Å². The summed E-state index contributed by atoms with van der Waals surface area (Å²) < 4.78 is 0. The van der Waals surface area contributed by atoms with Crippen molar-refractivity contribution in [2.75, 3.05) is 31.1 Å². The van der Waals surface area contributed by atoms with Gasteiger partial charge in [0.15, 0.2) is 5.84 Å². The summed E-state index contributed by atoms with van der Waals surface area (Å²) in [5, 5.41) is 23.5. The van der Waals surface area contributed by atoms with Crippen LogP contribution in [0.3, 0.4) is 0 Å². The van der Waals surface area contributed by atoms with Crippen LogP contribution < -0.4 is 10.7 Å². The van der Waals surface area contributed by atoms with Crippen molar-refractivity contribution >= 4 is 11.5 Å². The van der Waals surface area contributed by atoms with E-state index in [1.807, 2.05) is 18.2 Å². The second-order valence-corrected chi connectivity index (χ2v) is 7.85. The minimum Gasteiger partial charge on any atom is -0.370 e. The van der Waals surface area contributed by atoms with Crippen LogP contribution in [0, 0.1) is 11.3 Å². The molecule has 154 valence electrons. The SMILES string of the molecule is CC(C)Cc1ccc(C(=N)/N=N\N)c(N2CCCN(Cc3cccnn3)CC2)c1. The highest BCUT2D eigenvalue weighted by molar-refractivity contribution is 6.02. The lowest BCUT2D eigenvalue weighted by atomic mass is 9.99. The number of amidine groups is 1. The maximum atomic E-state index is 8.25. The van der Waals surface area contributed by atoms with Crippen molar-refractivity contribution in [3.05, 3.63) is 53.3 Å². The van der Waals surface area contributed by atoms with E-state index in [9.17, 15) is 0 Å². The van der Waals surface area contributed by atoms with Gasteiger partial charge in [-0.15, -0.1) is 5.11 Å². The normalized spacial score (nSPS) is 15.8. The zero-order valence-electron chi connectivity index (χ0n) is 17.3. The number of hydrogen-bond acceptors (Lipinski definition) is 6. The third-order valence-corrected chi connectivity index (χ3v) is 5.06. The van der Waals surface area contributed by atoms with Crippen LogP contribution in [-0.2, 0) is 13.0 Å². The van der Waals surface area contributed by atoms with E-state index in [4.69, 9.17) is 11.3 Å². The van der Waals surface area contributed by atoms with Gasteiger partial charge in [-0.2, -0.15) is 10.2 Å². The topological polar surface area (TPSA) is 107 Å². The predicted octanol–water partition coefficient (Wildman–Crippen LogP) is 3.04. The number of nitrogens with two attached hydrogens (primary N) is 1. The van der Waals surface area contributed by atoms with Crippen LogP contribution >= 0.6 is 0 Å². The molecular formula is C21H30N8. The number of benzene rings is 1.